The first-order valence-electron chi connectivity index (χ1n) is 5.72. The average Bonchev–Trinajstić information content (AvgIpc) is 2.36. The third-order valence-electron chi connectivity index (χ3n) is 2.33. The number of nitrogens with zero attached hydrogens (tertiary/aromatic N) is 2. The molecule has 1 heterocycles. The smallest absolute Gasteiger partial charge is 0.341 e. The fraction of sp³-hybridized carbons (Fsp3) is 0.500. The van der Waals surface area contributed by atoms with Crippen molar-refractivity contribution >= 4 is 35.5 Å². The second-order valence-corrected chi connectivity index (χ2v) is 8.83. The van der Waals surface area contributed by atoms with Crippen LogP contribution in [0.1, 0.15) is 23.0 Å². The second kappa shape index (κ2) is 6.67. The van der Waals surface area contributed by atoms with Gasteiger partial charge in [0.1, 0.15) is 0 Å². The van der Waals surface area contributed by atoms with Gasteiger partial charge in [-0.25, -0.2) is 31.6 Å². The van der Waals surface area contributed by atoms with Crippen molar-refractivity contribution in [2.45, 2.75) is 19.0 Å². The summed E-state index contributed by atoms with van der Waals surface area (Å²) < 4.78 is 50.1. The fourth-order valence-electron chi connectivity index (χ4n) is 1.31. The molecule has 0 spiro atoms. The highest BCUT2D eigenvalue weighted by atomic mass is 35.7. The number of halogens is 1. The van der Waals surface area contributed by atoms with Gasteiger partial charge in [-0.05, 0) is 13.8 Å². The Bertz CT molecular complexity index is 745. The zero-order valence-electron chi connectivity index (χ0n) is 11.2. The molecule has 0 N–H and O–H groups in total. The van der Waals surface area contributed by atoms with Gasteiger partial charge in [-0.3, -0.25) is 0 Å². The van der Waals surface area contributed by atoms with Crippen molar-refractivity contribution in [3.8, 4) is 0 Å². The van der Waals surface area contributed by atoms with Crippen molar-refractivity contribution < 1.29 is 26.4 Å². The van der Waals surface area contributed by atoms with Gasteiger partial charge in [-0.15, -0.1) is 0 Å². The summed E-state index contributed by atoms with van der Waals surface area (Å²) in [6, 6.07) is 0. The predicted octanol–water partition coefficient (Wildman–Crippen LogP) is 0.304. The molecule has 21 heavy (non-hydrogen) atoms. The number of hydrogen-bond donors (Lipinski definition) is 0. The number of aryl methyl sites for hydroxylation is 1. The van der Waals surface area contributed by atoms with Crippen LogP contribution in [-0.4, -0.2) is 50.9 Å². The first-order valence-corrected chi connectivity index (χ1v) is 9.85. The Balaban J connectivity index is 3.05. The van der Waals surface area contributed by atoms with E-state index in [1.807, 2.05) is 0 Å². The SMILES string of the molecule is CCOC(=O)c1cnc(S(=O)(=O)CCS(=O)(=O)Cl)nc1C. The van der Waals surface area contributed by atoms with Crippen LogP contribution in [0.15, 0.2) is 11.4 Å². The maximum atomic E-state index is 11.9. The van der Waals surface area contributed by atoms with Crippen LogP contribution in [0, 0.1) is 6.92 Å². The summed E-state index contributed by atoms with van der Waals surface area (Å²) in [6.45, 7) is 3.21. The highest BCUT2D eigenvalue weighted by Gasteiger charge is 2.23. The van der Waals surface area contributed by atoms with Gasteiger partial charge in [-0.1, -0.05) is 0 Å². The summed E-state index contributed by atoms with van der Waals surface area (Å²) in [6.07, 6.45) is 1.03. The van der Waals surface area contributed by atoms with Gasteiger partial charge in [-0.2, -0.15) is 0 Å². The van der Waals surface area contributed by atoms with E-state index in [1.165, 1.54) is 6.92 Å². The van der Waals surface area contributed by atoms with E-state index in [1.54, 1.807) is 6.92 Å². The molecule has 0 aliphatic heterocycles. The first-order chi connectivity index (χ1) is 9.57. The highest BCUT2D eigenvalue weighted by molar-refractivity contribution is 8.14. The van der Waals surface area contributed by atoms with Crippen LogP contribution in [0.2, 0.25) is 0 Å². The zero-order valence-corrected chi connectivity index (χ0v) is 13.6. The Morgan fingerprint density at radius 3 is 2.38 bits per heavy atom. The largest absolute Gasteiger partial charge is 0.462 e. The van der Waals surface area contributed by atoms with Crippen LogP contribution in [0.5, 0.6) is 0 Å². The lowest BCUT2D eigenvalue weighted by molar-refractivity contribution is 0.0524. The quantitative estimate of drug-likeness (QED) is 0.405. The van der Waals surface area contributed by atoms with E-state index in [2.05, 4.69) is 9.97 Å². The summed E-state index contributed by atoms with van der Waals surface area (Å²) >= 11 is 0. The molecule has 0 fully saturated rings. The van der Waals surface area contributed by atoms with Crippen molar-refractivity contribution in [1.29, 1.82) is 0 Å². The van der Waals surface area contributed by atoms with Crippen LogP contribution < -0.4 is 0 Å². The molecule has 0 aliphatic carbocycles. The maximum Gasteiger partial charge on any atom is 0.341 e. The molecule has 0 radical (unpaired) electrons. The lowest BCUT2D eigenvalue weighted by atomic mass is 10.2. The van der Waals surface area contributed by atoms with Gasteiger partial charge >= 0.3 is 5.97 Å². The van der Waals surface area contributed by atoms with Crippen LogP contribution in [-0.2, 0) is 23.6 Å². The lowest BCUT2D eigenvalue weighted by Gasteiger charge is -2.06. The second-order valence-electron chi connectivity index (χ2n) is 3.93. The van der Waals surface area contributed by atoms with E-state index in [9.17, 15) is 21.6 Å². The Morgan fingerprint density at radius 2 is 1.90 bits per heavy atom. The van der Waals surface area contributed by atoms with Crippen molar-refractivity contribution in [1.82, 2.24) is 9.97 Å². The van der Waals surface area contributed by atoms with Crippen molar-refractivity contribution in [3.63, 3.8) is 0 Å². The molecule has 1 rings (SSSR count). The van der Waals surface area contributed by atoms with Crippen molar-refractivity contribution in [2.24, 2.45) is 0 Å². The minimum absolute atomic E-state index is 0.0424. The standard InChI is InChI=1S/C10H13ClN2O6S2/c1-3-19-9(14)8-6-12-10(13-7(8)2)20(15,16)4-5-21(11,17)18/h6H,3-5H2,1-2H3. The summed E-state index contributed by atoms with van der Waals surface area (Å²) in [5.41, 5.74) is 0.163. The van der Waals surface area contributed by atoms with Crippen LogP contribution in [0.4, 0.5) is 0 Å². The molecular formula is C10H13ClN2O6S2. The summed E-state index contributed by atoms with van der Waals surface area (Å²) in [5, 5.41) is -0.562. The maximum absolute atomic E-state index is 11.9. The van der Waals surface area contributed by atoms with E-state index in [-0.39, 0.29) is 17.9 Å². The number of carbonyl (C=O) groups is 1. The molecule has 11 heteroatoms. The third kappa shape index (κ3) is 5.21. The van der Waals surface area contributed by atoms with E-state index < -0.39 is 41.5 Å². The van der Waals surface area contributed by atoms with Gasteiger partial charge in [0.15, 0.2) is 0 Å². The number of aromatic nitrogens is 2. The molecule has 0 bridgehead atoms. The van der Waals surface area contributed by atoms with Crippen molar-refractivity contribution in [3.05, 3.63) is 17.5 Å². The molecule has 0 atom stereocenters. The summed E-state index contributed by atoms with van der Waals surface area (Å²) in [5.74, 6) is -2.15. The van der Waals surface area contributed by atoms with Crippen molar-refractivity contribution in [2.75, 3.05) is 18.1 Å². The van der Waals surface area contributed by atoms with Gasteiger partial charge in [0.25, 0.3) is 0 Å². The van der Waals surface area contributed by atoms with Gasteiger partial charge < -0.3 is 4.74 Å². The Hall–Kier alpha value is -1.26. The highest BCUT2D eigenvalue weighted by Crippen LogP contribution is 2.12. The number of esters is 1. The Morgan fingerprint density at radius 1 is 1.29 bits per heavy atom. The molecule has 0 unspecified atom stereocenters. The number of sulfone groups is 1. The summed E-state index contributed by atoms with van der Waals surface area (Å²) in [4.78, 5) is 18.8. The molecule has 8 nitrogen and oxygen atoms in total. The topological polar surface area (TPSA) is 120 Å². The molecule has 0 saturated carbocycles. The number of rotatable bonds is 6. The molecule has 1 aromatic heterocycles. The van der Waals surface area contributed by atoms with E-state index in [4.69, 9.17) is 15.4 Å². The van der Waals surface area contributed by atoms with Gasteiger partial charge in [0, 0.05) is 16.9 Å². The Kier molecular flexibility index (Phi) is 5.65. The van der Waals surface area contributed by atoms with E-state index in [0.717, 1.165) is 6.20 Å². The number of ether oxygens (including phenoxy) is 1. The van der Waals surface area contributed by atoms with Crippen LogP contribution >= 0.6 is 10.7 Å². The molecule has 0 aliphatic rings. The van der Waals surface area contributed by atoms with Gasteiger partial charge in [0.05, 0.1) is 29.4 Å². The molecule has 118 valence electrons. The molecule has 0 amide bonds. The molecular weight excluding hydrogens is 344 g/mol. The average molecular weight is 357 g/mol. The van der Waals surface area contributed by atoms with Crippen LogP contribution in [0.25, 0.3) is 0 Å². The monoisotopic (exact) mass is 356 g/mol. The molecule has 0 saturated heterocycles. The predicted molar refractivity (Wildman–Crippen MR) is 74.4 cm³/mol. The number of hydrogen-bond acceptors (Lipinski definition) is 8. The van der Waals surface area contributed by atoms with E-state index >= 15 is 0 Å². The fourth-order valence-corrected chi connectivity index (χ4v) is 4.22. The zero-order chi connectivity index (χ0) is 16.3. The normalized spacial score (nSPS) is 12.1. The lowest BCUT2D eigenvalue weighted by Crippen LogP contribution is -2.18. The van der Waals surface area contributed by atoms with E-state index in [0.29, 0.717) is 0 Å². The minimum atomic E-state index is -4.01. The van der Waals surface area contributed by atoms with Crippen LogP contribution in [0.3, 0.4) is 0 Å². The number of carbonyl (C=O) groups excluding carboxylic acids is 1. The molecule has 1 aromatic rings. The molecule has 0 aromatic carbocycles. The van der Waals surface area contributed by atoms with Gasteiger partial charge in [0.2, 0.25) is 24.0 Å². The Labute approximate surface area is 126 Å². The first kappa shape index (κ1) is 17.8. The summed E-state index contributed by atoms with van der Waals surface area (Å²) in [7, 11) is -2.98. The minimum Gasteiger partial charge on any atom is -0.462 e. The third-order valence-corrected chi connectivity index (χ3v) is 5.23.